The smallest absolute Gasteiger partial charge is 0.321 e. The molecule has 30 heavy (non-hydrogen) atoms. The Kier molecular flexibility index (Phi) is 5.06. The highest BCUT2D eigenvalue weighted by Gasteiger charge is 2.51. The molecule has 4 aliphatic rings. The molecule has 0 spiro atoms. The van der Waals surface area contributed by atoms with E-state index in [0.717, 1.165) is 52.2 Å². The molecule has 1 aromatic heterocycles. The van der Waals surface area contributed by atoms with Gasteiger partial charge in [-0.1, -0.05) is 12.1 Å². The normalized spacial score (nSPS) is 30.6. The number of para-hydroxylation sites is 1. The van der Waals surface area contributed by atoms with E-state index in [9.17, 15) is 9.59 Å². The second-order valence-electron chi connectivity index (χ2n) is 9.81. The summed E-state index contributed by atoms with van der Waals surface area (Å²) < 4.78 is 1.15. The number of aromatic nitrogens is 1. The number of imide groups is 1. The lowest BCUT2D eigenvalue weighted by Gasteiger charge is -2.56. The van der Waals surface area contributed by atoms with Crippen LogP contribution in [-0.4, -0.2) is 40.5 Å². The lowest BCUT2D eigenvalue weighted by atomic mass is 9.53. The quantitative estimate of drug-likeness (QED) is 0.760. The molecule has 6 nitrogen and oxygen atoms in total. The molecule has 4 aliphatic carbocycles. The van der Waals surface area contributed by atoms with E-state index in [0.29, 0.717) is 6.54 Å². The van der Waals surface area contributed by atoms with E-state index >= 15 is 0 Å². The lowest BCUT2D eigenvalue weighted by molar-refractivity contribution is -0.124. The molecule has 0 saturated heterocycles. The van der Waals surface area contributed by atoms with Gasteiger partial charge in [0.25, 0.3) is 0 Å². The number of likely N-dealkylation sites (N-methyl/N-ethyl adjacent to an activating group) is 1. The second kappa shape index (κ2) is 7.61. The topological polar surface area (TPSA) is 74.3 Å². The maximum Gasteiger partial charge on any atom is 0.321 e. The Hall–Kier alpha value is -1.99. The van der Waals surface area contributed by atoms with Crippen LogP contribution in [0.3, 0.4) is 0 Å². The molecule has 7 heteroatoms. The molecule has 4 bridgehead atoms. The Morgan fingerprint density at radius 2 is 1.80 bits per heavy atom. The van der Waals surface area contributed by atoms with E-state index in [-0.39, 0.29) is 17.5 Å². The fraction of sp³-hybridized carbons (Fsp3) is 0.609. The van der Waals surface area contributed by atoms with Gasteiger partial charge in [-0.15, -0.1) is 11.3 Å². The van der Waals surface area contributed by atoms with Gasteiger partial charge in [0, 0.05) is 5.54 Å². The van der Waals surface area contributed by atoms with Crippen molar-refractivity contribution in [3.63, 3.8) is 0 Å². The Bertz CT molecular complexity index is 903. The van der Waals surface area contributed by atoms with Crippen molar-refractivity contribution in [2.45, 2.75) is 63.6 Å². The Morgan fingerprint density at radius 3 is 2.43 bits per heavy atom. The number of hydrogen-bond donors (Lipinski definition) is 2. The minimum atomic E-state index is -0.417. The predicted molar refractivity (Wildman–Crippen MR) is 118 cm³/mol. The van der Waals surface area contributed by atoms with Crippen LogP contribution in [0, 0.1) is 17.8 Å². The van der Waals surface area contributed by atoms with Crippen LogP contribution in [0.25, 0.3) is 10.2 Å². The van der Waals surface area contributed by atoms with Crippen molar-refractivity contribution in [1.82, 2.24) is 20.5 Å². The summed E-state index contributed by atoms with van der Waals surface area (Å²) in [7, 11) is 1.90. The zero-order valence-corrected chi connectivity index (χ0v) is 18.5. The highest BCUT2D eigenvalue weighted by molar-refractivity contribution is 7.18. The Morgan fingerprint density at radius 1 is 1.17 bits per heavy atom. The van der Waals surface area contributed by atoms with Crippen LogP contribution in [-0.2, 0) is 11.3 Å². The number of thiazole rings is 1. The fourth-order valence-electron chi connectivity index (χ4n) is 6.29. The maximum atomic E-state index is 12.7. The van der Waals surface area contributed by atoms with Gasteiger partial charge in [-0.05, 0) is 82.4 Å². The van der Waals surface area contributed by atoms with E-state index in [1.54, 1.807) is 11.3 Å². The minimum absolute atomic E-state index is 0.0880. The number of carbonyl (C=O) groups excluding carboxylic acids is 2. The minimum Gasteiger partial charge on any atom is -0.332 e. The summed E-state index contributed by atoms with van der Waals surface area (Å²) in [6.07, 6.45) is 7.22. The summed E-state index contributed by atoms with van der Waals surface area (Å²) in [6, 6.07) is 7.30. The standard InChI is InChI=1S/C23H30N4O2S/c1-14(27(2)13-20-24-18-5-3-4-6-19(18)30-20)21(28)25-22(29)26-23-10-15-7-16(11-23)9-17(8-15)12-23/h3-6,14-17H,7-13H2,1-2H3,(H2,25,26,28,29)/t14-,15?,16?,17?,23?/m0/s1. The Balaban J connectivity index is 1.17. The first-order valence-electron chi connectivity index (χ1n) is 11.1. The third-order valence-corrected chi connectivity index (χ3v) is 8.44. The number of benzene rings is 1. The number of rotatable bonds is 5. The summed E-state index contributed by atoms with van der Waals surface area (Å²) >= 11 is 1.64. The van der Waals surface area contributed by atoms with Crippen molar-refractivity contribution < 1.29 is 9.59 Å². The first-order valence-corrected chi connectivity index (χ1v) is 11.9. The monoisotopic (exact) mass is 426 g/mol. The molecule has 1 aromatic carbocycles. The van der Waals surface area contributed by atoms with Crippen molar-refractivity contribution in [2.24, 2.45) is 17.8 Å². The molecule has 1 heterocycles. The highest BCUT2D eigenvalue weighted by atomic mass is 32.1. The number of nitrogens with one attached hydrogen (secondary N) is 2. The lowest BCUT2D eigenvalue weighted by Crippen LogP contribution is -2.62. The first-order chi connectivity index (χ1) is 14.4. The predicted octanol–water partition coefficient (Wildman–Crippen LogP) is 3.91. The molecule has 4 saturated carbocycles. The first kappa shape index (κ1) is 19.9. The van der Waals surface area contributed by atoms with Gasteiger partial charge in [0.1, 0.15) is 5.01 Å². The Labute approximate surface area is 181 Å². The molecule has 4 fully saturated rings. The van der Waals surface area contributed by atoms with E-state index in [4.69, 9.17) is 0 Å². The molecule has 3 amide bonds. The molecule has 0 radical (unpaired) electrons. The second-order valence-corrected chi connectivity index (χ2v) is 10.9. The van der Waals surface area contributed by atoms with Gasteiger partial charge in [0.2, 0.25) is 5.91 Å². The number of urea groups is 1. The van der Waals surface area contributed by atoms with Crippen molar-refractivity contribution in [3.05, 3.63) is 29.3 Å². The molecule has 0 aliphatic heterocycles. The van der Waals surface area contributed by atoms with Gasteiger partial charge in [-0.3, -0.25) is 15.0 Å². The largest absolute Gasteiger partial charge is 0.332 e. The van der Waals surface area contributed by atoms with Crippen molar-refractivity contribution in [3.8, 4) is 0 Å². The highest BCUT2D eigenvalue weighted by Crippen LogP contribution is 2.55. The van der Waals surface area contributed by atoms with Gasteiger partial charge >= 0.3 is 6.03 Å². The van der Waals surface area contributed by atoms with Gasteiger partial charge < -0.3 is 5.32 Å². The van der Waals surface area contributed by atoms with Crippen LogP contribution in [0.5, 0.6) is 0 Å². The summed E-state index contributed by atoms with van der Waals surface area (Å²) in [5.74, 6) is 2.00. The number of carbonyl (C=O) groups is 2. The molecule has 6 rings (SSSR count). The van der Waals surface area contributed by atoms with E-state index in [1.807, 2.05) is 37.1 Å². The molecular weight excluding hydrogens is 396 g/mol. The average Bonchev–Trinajstić information content (AvgIpc) is 3.07. The van der Waals surface area contributed by atoms with Crippen LogP contribution < -0.4 is 10.6 Å². The number of amides is 3. The van der Waals surface area contributed by atoms with Gasteiger partial charge in [-0.25, -0.2) is 9.78 Å². The van der Waals surface area contributed by atoms with E-state index in [1.165, 1.54) is 19.3 Å². The van der Waals surface area contributed by atoms with Crippen LogP contribution in [0.2, 0.25) is 0 Å². The van der Waals surface area contributed by atoms with Crippen LogP contribution >= 0.6 is 11.3 Å². The average molecular weight is 427 g/mol. The van der Waals surface area contributed by atoms with Crippen molar-refractivity contribution in [2.75, 3.05) is 7.05 Å². The zero-order chi connectivity index (χ0) is 20.9. The number of hydrogen-bond acceptors (Lipinski definition) is 5. The van der Waals surface area contributed by atoms with Crippen LogP contribution in [0.15, 0.2) is 24.3 Å². The van der Waals surface area contributed by atoms with Crippen molar-refractivity contribution in [1.29, 1.82) is 0 Å². The van der Waals surface area contributed by atoms with Gasteiger partial charge in [-0.2, -0.15) is 0 Å². The van der Waals surface area contributed by atoms with Crippen molar-refractivity contribution >= 4 is 33.5 Å². The molecule has 1 atom stereocenters. The molecular formula is C23H30N4O2S. The summed E-state index contributed by atoms with van der Waals surface area (Å²) in [6.45, 7) is 2.41. The number of fused-ring (bicyclic) bond motifs is 1. The summed E-state index contributed by atoms with van der Waals surface area (Å²) in [5.41, 5.74) is 0.896. The number of nitrogens with zero attached hydrogens (tertiary/aromatic N) is 2. The third-order valence-electron chi connectivity index (χ3n) is 7.42. The van der Waals surface area contributed by atoms with Gasteiger partial charge in [0.15, 0.2) is 0 Å². The van der Waals surface area contributed by atoms with E-state index in [2.05, 4.69) is 21.7 Å². The third kappa shape index (κ3) is 3.85. The molecule has 160 valence electrons. The maximum absolute atomic E-state index is 12.7. The van der Waals surface area contributed by atoms with E-state index < -0.39 is 6.04 Å². The van der Waals surface area contributed by atoms with Crippen LogP contribution in [0.1, 0.15) is 50.5 Å². The molecule has 2 N–H and O–H groups in total. The van der Waals surface area contributed by atoms with Gasteiger partial charge in [0.05, 0.1) is 22.8 Å². The SMILES string of the molecule is C[C@@H](C(=O)NC(=O)NC12CC3CC(CC(C3)C1)C2)N(C)Cc1nc2ccccc2s1. The van der Waals surface area contributed by atoms with Crippen LogP contribution in [0.4, 0.5) is 4.79 Å². The fourth-order valence-corrected chi connectivity index (χ4v) is 7.32. The molecule has 2 aromatic rings. The molecule has 0 unspecified atom stereocenters. The summed E-state index contributed by atoms with van der Waals surface area (Å²) in [5, 5.41) is 6.79. The summed E-state index contributed by atoms with van der Waals surface area (Å²) in [4.78, 5) is 32.0. The zero-order valence-electron chi connectivity index (χ0n) is 17.7.